The molecule has 3 rings (SSSR count). The molecule has 0 fully saturated rings. The van der Waals surface area contributed by atoms with Gasteiger partial charge in [-0.05, 0) is 55.5 Å². The normalized spacial score (nSPS) is 12.2. The van der Waals surface area contributed by atoms with Gasteiger partial charge in [-0.15, -0.1) is 0 Å². The van der Waals surface area contributed by atoms with E-state index in [2.05, 4.69) is 10.0 Å². The molecule has 0 aliphatic carbocycles. The first-order chi connectivity index (χ1) is 13.8. The van der Waals surface area contributed by atoms with Crippen molar-refractivity contribution < 1.29 is 22.3 Å². The highest BCUT2D eigenvalue weighted by atomic mass is 32.2. The molecule has 3 aromatic rings. The number of benzene rings is 3. The fourth-order valence-electron chi connectivity index (χ4n) is 2.49. The quantitative estimate of drug-likeness (QED) is 0.614. The topological polar surface area (TPSA) is 84.5 Å². The van der Waals surface area contributed by atoms with Crippen LogP contribution in [0, 0.1) is 5.82 Å². The molecular weight excluding hydrogens is 395 g/mol. The van der Waals surface area contributed by atoms with Crippen LogP contribution >= 0.6 is 0 Å². The van der Waals surface area contributed by atoms with Gasteiger partial charge in [0, 0.05) is 5.69 Å². The van der Waals surface area contributed by atoms with Gasteiger partial charge in [0.2, 0.25) is 15.9 Å². The molecule has 0 aromatic heterocycles. The zero-order valence-corrected chi connectivity index (χ0v) is 16.3. The van der Waals surface area contributed by atoms with E-state index in [-0.39, 0.29) is 0 Å². The maximum absolute atomic E-state index is 13.7. The second-order valence-corrected chi connectivity index (χ2v) is 7.88. The van der Waals surface area contributed by atoms with Crippen molar-refractivity contribution in [2.75, 3.05) is 5.32 Å². The number of carbonyl (C=O) groups is 1. The number of para-hydroxylation sites is 1. The summed E-state index contributed by atoms with van der Waals surface area (Å²) in [6.07, 6.45) is 0. The van der Waals surface area contributed by atoms with Gasteiger partial charge < -0.3 is 10.1 Å². The fraction of sp³-hybridized carbons (Fsp3) is 0.0952. The Morgan fingerprint density at radius 1 is 0.897 bits per heavy atom. The summed E-state index contributed by atoms with van der Waals surface area (Å²) < 4.78 is 46.2. The van der Waals surface area contributed by atoms with Gasteiger partial charge in [-0.3, -0.25) is 4.79 Å². The molecule has 0 bridgehead atoms. The number of halogens is 1. The Labute approximate surface area is 168 Å². The molecule has 3 aromatic carbocycles. The van der Waals surface area contributed by atoms with Crippen molar-refractivity contribution in [2.45, 2.75) is 17.9 Å². The molecule has 6 nitrogen and oxygen atoms in total. The smallest absolute Gasteiger partial charge is 0.244 e. The second-order valence-electron chi connectivity index (χ2n) is 6.20. The van der Waals surface area contributed by atoms with Crippen LogP contribution in [0.3, 0.4) is 0 Å². The standard InChI is InChI=1S/C21H19FN2O4S/c1-15(24-29(26,27)20-10-6-5-9-19(20)22)21(25)23-16-11-13-18(14-12-16)28-17-7-3-2-4-8-17/h2-15,24H,1H3,(H,23,25)/t15-/m1/s1. The summed E-state index contributed by atoms with van der Waals surface area (Å²) in [5, 5.41) is 2.61. The monoisotopic (exact) mass is 414 g/mol. The van der Waals surface area contributed by atoms with Gasteiger partial charge in [-0.2, -0.15) is 4.72 Å². The summed E-state index contributed by atoms with van der Waals surface area (Å²) in [6, 6.07) is 19.7. The highest BCUT2D eigenvalue weighted by Gasteiger charge is 2.24. The largest absolute Gasteiger partial charge is 0.457 e. The molecule has 150 valence electrons. The summed E-state index contributed by atoms with van der Waals surface area (Å²) in [6.45, 7) is 1.38. The van der Waals surface area contributed by atoms with Gasteiger partial charge in [-0.1, -0.05) is 30.3 Å². The molecule has 29 heavy (non-hydrogen) atoms. The van der Waals surface area contributed by atoms with E-state index in [0.29, 0.717) is 17.2 Å². The molecule has 0 saturated carbocycles. The molecule has 0 radical (unpaired) electrons. The minimum Gasteiger partial charge on any atom is -0.457 e. The van der Waals surface area contributed by atoms with Gasteiger partial charge in [-0.25, -0.2) is 12.8 Å². The summed E-state index contributed by atoms with van der Waals surface area (Å²) in [5.74, 6) is -0.203. The summed E-state index contributed by atoms with van der Waals surface area (Å²) in [7, 11) is -4.17. The molecular formula is C21H19FN2O4S. The van der Waals surface area contributed by atoms with E-state index in [0.717, 1.165) is 12.1 Å². The first kappa shape index (κ1) is 20.5. The first-order valence-electron chi connectivity index (χ1n) is 8.76. The molecule has 2 N–H and O–H groups in total. The molecule has 0 unspecified atom stereocenters. The molecule has 0 heterocycles. The number of carbonyl (C=O) groups excluding carboxylic acids is 1. The number of nitrogens with one attached hydrogen (secondary N) is 2. The van der Waals surface area contributed by atoms with Crippen LogP contribution in [-0.4, -0.2) is 20.4 Å². The summed E-state index contributed by atoms with van der Waals surface area (Å²) in [5.41, 5.74) is 0.465. The molecule has 0 aliphatic heterocycles. The van der Waals surface area contributed by atoms with Crippen molar-refractivity contribution >= 4 is 21.6 Å². The highest BCUT2D eigenvalue weighted by molar-refractivity contribution is 7.89. The molecule has 8 heteroatoms. The van der Waals surface area contributed by atoms with Crippen molar-refractivity contribution in [3.05, 3.63) is 84.7 Å². The Hall–Kier alpha value is -3.23. The first-order valence-corrected chi connectivity index (χ1v) is 10.2. The van der Waals surface area contributed by atoms with E-state index in [4.69, 9.17) is 4.74 Å². The molecule has 0 aliphatic rings. The number of amides is 1. The van der Waals surface area contributed by atoms with Gasteiger partial charge >= 0.3 is 0 Å². The van der Waals surface area contributed by atoms with E-state index in [1.165, 1.54) is 19.1 Å². The lowest BCUT2D eigenvalue weighted by Crippen LogP contribution is -2.41. The number of hydrogen-bond donors (Lipinski definition) is 2. The Balaban J connectivity index is 1.61. The average molecular weight is 414 g/mol. The minimum atomic E-state index is -4.17. The third-order valence-corrected chi connectivity index (χ3v) is 5.53. The Kier molecular flexibility index (Phi) is 6.26. The van der Waals surface area contributed by atoms with Crippen LogP contribution in [0.1, 0.15) is 6.92 Å². The Morgan fingerprint density at radius 3 is 2.14 bits per heavy atom. The number of anilines is 1. The van der Waals surface area contributed by atoms with Crippen molar-refractivity contribution in [1.29, 1.82) is 0 Å². The maximum atomic E-state index is 13.7. The van der Waals surface area contributed by atoms with Crippen LogP contribution in [0.4, 0.5) is 10.1 Å². The van der Waals surface area contributed by atoms with Gasteiger partial charge in [0.05, 0.1) is 6.04 Å². The van der Waals surface area contributed by atoms with Crippen LogP contribution in [0.15, 0.2) is 83.8 Å². The van der Waals surface area contributed by atoms with Crippen LogP contribution in [0.25, 0.3) is 0 Å². The van der Waals surface area contributed by atoms with Crippen LogP contribution in [-0.2, 0) is 14.8 Å². The van der Waals surface area contributed by atoms with Crippen molar-refractivity contribution in [2.24, 2.45) is 0 Å². The molecule has 0 spiro atoms. The fourth-order valence-corrected chi connectivity index (χ4v) is 3.78. The zero-order chi connectivity index (χ0) is 20.9. The van der Waals surface area contributed by atoms with E-state index in [9.17, 15) is 17.6 Å². The summed E-state index contributed by atoms with van der Waals surface area (Å²) in [4.78, 5) is 11.8. The average Bonchev–Trinajstić information content (AvgIpc) is 2.70. The zero-order valence-electron chi connectivity index (χ0n) is 15.5. The third-order valence-electron chi connectivity index (χ3n) is 3.95. The predicted molar refractivity (Wildman–Crippen MR) is 108 cm³/mol. The Morgan fingerprint density at radius 2 is 1.48 bits per heavy atom. The predicted octanol–water partition coefficient (Wildman–Crippen LogP) is 3.92. The van der Waals surface area contributed by atoms with Crippen LogP contribution in [0.2, 0.25) is 0 Å². The maximum Gasteiger partial charge on any atom is 0.244 e. The number of sulfonamides is 1. The summed E-state index contributed by atoms with van der Waals surface area (Å²) >= 11 is 0. The van der Waals surface area contributed by atoms with E-state index >= 15 is 0 Å². The highest BCUT2D eigenvalue weighted by Crippen LogP contribution is 2.22. The van der Waals surface area contributed by atoms with E-state index in [1.54, 1.807) is 24.3 Å². The SMILES string of the molecule is C[C@@H](NS(=O)(=O)c1ccccc1F)C(=O)Nc1ccc(Oc2ccccc2)cc1. The van der Waals surface area contributed by atoms with Gasteiger partial charge in [0.15, 0.2) is 0 Å². The van der Waals surface area contributed by atoms with Crippen molar-refractivity contribution in [3.8, 4) is 11.5 Å². The van der Waals surface area contributed by atoms with Gasteiger partial charge in [0.25, 0.3) is 0 Å². The van der Waals surface area contributed by atoms with Crippen molar-refractivity contribution in [1.82, 2.24) is 4.72 Å². The number of hydrogen-bond acceptors (Lipinski definition) is 4. The minimum absolute atomic E-state index is 0.465. The Bertz CT molecular complexity index is 1090. The molecule has 1 atom stereocenters. The molecule has 1 amide bonds. The second kappa shape index (κ2) is 8.85. The molecule has 0 saturated heterocycles. The van der Waals surface area contributed by atoms with E-state index in [1.807, 2.05) is 30.3 Å². The number of rotatable bonds is 7. The van der Waals surface area contributed by atoms with Crippen LogP contribution in [0.5, 0.6) is 11.5 Å². The number of ether oxygens (including phenoxy) is 1. The third kappa shape index (κ3) is 5.40. The lowest BCUT2D eigenvalue weighted by Gasteiger charge is -2.15. The van der Waals surface area contributed by atoms with E-state index < -0.39 is 32.7 Å². The lowest BCUT2D eigenvalue weighted by molar-refractivity contribution is -0.117. The van der Waals surface area contributed by atoms with Gasteiger partial charge in [0.1, 0.15) is 22.2 Å². The van der Waals surface area contributed by atoms with Crippen LogP contribution < -0.4 is 14.8 Å². The lowest BCUT2D eigenvalue weighted by atomic mass is 10.2. The van der Waals surface area contributed by atoms with Crippen molar-refractivity contribution in [3.63, 3.8) is 0 Å².